The van der Waals surface area contributed by atoms with Crippen molar-refractivity contribution in [1.82, 2.24) is 0 Å². The molecule has 0 amide bonds. The Morgan fingerprint density at radius 3 is 2.08 bits per heavy atom. The van der Waals surface area contributed by atoms with Gasteiger partial charge in [0.05, 0.1) is 12.7 Å². The highest BCUT2D eigenvalue weighted by atomic mass is 16.6. The minimum Gasteiger partial charge on any atom is -0.507 e. The summed E-state index contributed by atoms with van der Waals surface area (Å²) in [5.41, 5.74) is -1.89. The number of phenolic OH excluding ortho intramolecular Hbond substituents is 3. The van der Waals surface area contributed by atoms with E-state index in [1.807, 2.05) is 0 Å². The Morgan fingerprint density at radius 1 is 0.850 bits per heavy atom. The molecule has 0 bridgehead atoms. The molecule has 0 aliphatic carbocycles. The molecule has 0 fully saturated rings. The third-order valence-electron chi connectivity index (χ3n) is 6.95. The van der Waals surface area contributed by atoms with Crippen molar-refractivity contribution in [3.63, 3.8) is 0 Å². The van der Waals surface area contributed by atoms with Gasteiger partial charge in [0.1, 0.15) is 39.7 Å². The first-order valence-electron chi connectivity index (χ1n) is 11.7. The molecular weight excluding hydrogens is 528 g/mol. The number of hydrogen-bond donors (Lipinski definition) is 5. The van der Waals surface area contributed by atoms with Gasteiger partial charge in [0.2, 0.25) is 0 Å². The molecular formula is C28H24O12. The number of carbonyl (C=O) groups is 4. The summed E-state index contributed by atoms with van der Waals surface area (Å²) in [4.78, 5) is 49.6. The SMILES string of the molecule is COC(=O)c1c(C)c(Cc2c(O)c(C(=O)O)c(C)c3c2Oc2c(C=O)c(O)cc(C)c2C(=O)O3)c(O)c(C)c1O. The normalized spacial score (nSPS) is 12.0. The molecule has 12 nitrogen and oxygen atoms in total. The molecule has 0 saturated heterocycles. The lowest BCUT2D eigenvalue weighted by atomic mass is 9.89. The number of benzene rings is 3. The highest BCUT2D eigenvalue weighted by molar-refractivity contribution is 6.03. The maximum Gasteiger partial charge on any atom is 0.347 e. The fourth-order valence-corrected chi connectivity index (χ4v) is 4.79. The molecule has 0 radical (unpaired) electrons. The summed E-state index contributed by atoms with van der Waals surface area (Å²) < 4.78 is 16.3. The Bertz CT molecular complexity index is 1670. The van der Waals surface area contributed by atoms with Gasteiger partial charge >= 0.3 is 17.9 Å². The Balaban J connectivity index is 2.11. The van der Waals surface area contributed by atoms with Crippen LogP contribution < -0.4 is 9.47 Å². The number of carbonyl (C=O) groups excluding carboxylic acids is 3. The predicted octanol–water partition coefficient (Wildman–Crippen LogP) is 3.96. The summed E-state index contributed by atoms with van der Waals surface area (Å²) in [6.45, 7) is 5.45. The molecule has 12 heteroatoms. The number of fused-ring (bicyclic) bond motifs is 2. The van der Waals surface area contributed by atoms with Crippen LogP contribution in [0, 0.1) is 27.7 Å². The van der Waals surface area contributed by atoms with Crippen LogP contribution in [-0.2, 0) is 11.2 Å². The minimum absolute atomic E-state index is 0.0181. The fourth-order valence-electron chi connectivity index (χ4n) is 4.79. The summed E-state index contributed by atoms with van der Waals surface area (Å²) in [6.07, 6.45) is -0.246. The van der Waals surface area contributed by atoms with Crippen LogP contribution in [0.4, 0.5) is 0 Å². The second kappa shape index (κ2) is 9.80. The minimum atomic E-state index is -1.57. The Morgan fingerprint density at radius 2 is 1.50 bits per heavy atom. The monoisotopic (exact) mass is 552 g/mol. The predicted molar refractivity (Wildman–Crippen MR) is 136 cm³/mol. The lowest BCUT2D eigenvalue weighted by Crippen LogP contribution is -2.12. The Kier molecular flexibility index (Phi) is 6.80. The first-order valence-corrected chi connectivity index (χ1v) is 11.7. The van der Waals surface area contributed by atoms with Gasteiger partial charge in [0.15, 0.2) is 23.5 Å². The number of phenols is 4. The van der Waals surface area contributed by atoms with Crippen molar-refractivity contribution < 1.29 is 58.9 Å². The fraction of sp³-hybridized carbons (Fsp3) is 0.214. The van der Waals surface area contributed by atoms with Crippen molar-refractivity contribution in [1.29, 1.82) is 0 Å². The smallest absolute Gasteiger partial charge is 0.347 e. The molecule has 0 spiro atoms. The number of hydrogen-bond acceptors (Lipinski definition) is 11. The summed E-state index contributed by atoms with van der Waals surface area (Å²) in [6, 6.07) is 1.16. The van der Waals surface area contributed by atoms with Crippen LogP contribution in [0.2, 0.25) is 0 Å². The van der Waals surface area contributed by atoms with E-state index < -0.39 is 64.2 Å². The van der Waals surface area contributed by atoms with E-state index in [1.54, 1.807) is 0 Å². The first kappa shape index (κ1) is 27.8. The van der Waals surface area contributed by atoms with E-state index in [0.29, 0.717) is 0 Å². The van der Waals surface area contributed by atoms with E-state index in [1.165, 1.54) is 27.7 Å². The third-order valence-corrected chi connectivity index (χ3v) is 6.95. The summed E-state index contributed by atoms with van der Waals surface area (Å²) in [5, 5.41) is 52.9. The number of rotatable bonds is 5. The van der Waals surface area contributed by atoms with Crippen LogP contribution >= 0.6 is 0 Å². The highest BCUT2D eigenvalue weighted by Crippen LogP contribution is 2.51. The molecule has 0 unspecified atom stereocenters. The van der Waals surface area contributed by atoms with Crippen LogP contribution in [0.5, 0.6) is 40.2 Å². The molecule has 0 aromatic heterocycles. The number of aldehydes is 1. The number of ether oxygens (including phenoxy) is 3. The molecule has 1 heterocycles. The second-order valence-corrected chi connectivity index (χ2v) is 9.20. The van der Waals surface area contributed by atoms with Crippen LogP contribution in [0.25, 0.3) is 0 Å². The molecule has 5 N–H and O–H groups in total. The number of carboxylic acid groups (broad SMARTS) is 1. The van der Waals surface area contributed by atoms with Crippen molar-refractivity contribution in [3.05, 3.63) is 61.7 Å². The molecule has 40 heavy (non-hydrogen) atoms. The average molecular weight is 552 g/mol. The van der Waals surface area contributed by atoms with E-state index in [0.717, 1.165) is 13.2 Å². The zero-order valence-electron chi connectivity index (χ0n) is 22.0. The van der Waals surface area contributed by atoms with Crippen molar-refractivity contribution in [2.24, 2.45) is 0 Å². The van der Waals surface area contributed by atoms with E-state index >= 15 is 0 Å². The van der Waals surface area contributed by atoms with Crippen molar-refractivity contribution in [2.75, 3.05) is 7.11 Å². The molecule has 1 aliphatic heterocycles. The third kappa shape index (κ3) is 4.01. The maximum atomic E-state index is 13.2. The molecule has 4 rings (SSSR count). The summed E-state index contributed by atoms with van der Waals surface area (Å²) in [5.74, 6) is -6.97. The quantitative estimate of drug-likeness (QED) is 0.174. The Hall–Kier alpha value is -5.26. The molecule has 0 saturated carbocycles. The van der Waals surface area contributed by atoms with Gasteiger partial charge in [0, 0.05) is 28.7 Å². The zero-order chi connectivity index (χ0) is 29.8. The molecule has 3 aromatic carbocycles. The Labute approximate surface area is 226 Å². The highest BCUT2D eigenvalue weighted by Gasteiger charge is 2.36. The maximum absolute atomic E-state index is 13.2. The van der Waals surface area contributed by atoms with Crippen LogP contribution in [0.3, 0.4) is 0 Å². The number of methoxy groups -OCH3 is 1. The van der Waals surface area contributed by atoms with Crippen molar-refractivity contribution in [2.45, 2.75) is 34.1 Å². The number of carboxylic acids is 1. The largest absolute Gasteiger partial charge is 0.507 e. The molecule has 1 aliphatic rings. The summed E-state index contributed by atoms with van der Waals surface area (Å²) in [7, 11) is 1.09. The van der Waals surface area contributed by atoms with Crippen molar-refractivity contribution >= 4 is 24.2 Å². The van der Waals surface area contributed by atoms with Gasteiger partial charge in [-0.05, 0) is 44.9 Å². The molecule has 0 atom stereocenters. The van der Waals surface area contributed by atoms with Crippen LogP contribution in [0.1, 0.15) is 74.8 Å². The first-order chi connectivity index (χ1) is 18.8. The second-order valence-electron chi connectivity index (χ2n) is 9.20. The summed E-state index contributed by atoms with van der Waals surface area (Å²) >= 11 is 0. The van der Waals surface area contributed by atoms with Crippen LogP contribution in [0.15, 0.2) is 6.07 Å². The number of esters is 2. The van der Waals surface area contributed by atoms with Gasteiger partial charge in [-0.25, -0.2) is 14.4 Å². The van der Waals surface area contributed by atoms with Gasteiger partial charge in [-0.3, -0.25) is 4.79 Å². The van der Waals surface area contributed by atoms with Gasteiger partial charge in [0.25, 0.3) is 0 Å². The lowest BCUT2D eigenvalue weighted by Gasteiger charge is -2.21. The van der Waals surface area contributed by atoms with Gasteiger partial charge < -0.3 is 39.7 Å². The van der Waals surface area contributed by atoms with Crippen LogP contribution in [-0.4, -0.2) is 56.8 Å². The van der Waals surface area contributed by atoms with Gasteiger partial charge in [-0.2, -0.15) is 0 Å². The average Bonchev–Trinajstić information content (AvgIpc) is 3.03. The molecule has 208 valence electrons. The molecule has 3 aromatic rings. The topological polar surface area (TPSA) is 197 Å². The van der Waals surface area contributed by atoms with Gasteiger partial charge in [-0.15, -0.1) is 0 Å². The zero-order valence-corrected chi connectivity index (χ0v) is 22.0. The van der Waals surface area contributed by atoms with Gasteiger partial charge in [-0.1, -0.05) is 0 Å². The number of aromatic hydroxyl groups is 4. The van der Waals surface area contributed by atoms with Crippen molar-refractivity contribution in [3.8, 4) is 40.2 Å². The lowest BCUT2D eigenvalue weighted by molar-refractivity contribution is 0.0594. The number of aromatic carboxylic acids is 1. The van der Waals surface area contributed by atoms with E-state index in [4.69, 9.17) is 14.2 Å². The van der Waals surface area contributed by atoms with E-state index in [2.05, 4.69) is 0 Å². The number of aryl methyl sites for hydroxylation is 1. The standard InChI is InChI=1S/C28H24O12/c1-9-6-16(30)15(8-29)24-17(9)28(37)40-23-11(3)18(26(34)35)22(33)14(25(23)39-24)7-13-10(2)19(27(36)38-5)21(32)12(4)20(13)31/h6,8,30-33H,7H2,1-5H3,(H,34,35). The van der Waals surface area contributed by atoms with E-state index in [9.17, 15) is 44.7 Å². The van der Waals surface area contributed by atoms with E-state index in [-0.39, 0.29) is 62.3 Å².